The Morgan fingerprint density at radius 2 is 1.83 bits per heavy atom. The van der Waals surface area contributed by atoms with Crippen molar-refractivity contribution in [3.8, 4) is 0 Å². The first-order chi connectivity index (χ1) is 11.6. The molecule has 4 nitrogen and oxygen atoms in total. The Morgan fingerprint density at radius 1 is 1.12 bits per heavy atom. The van der Waals surface area contributed by atoms with Crippen LogP contribution < -0.4 is 5.32 Å². The fourth-order valence-electron chi connectivity index (χ4n) is 4.07. The van der Waals surface area contributed by atoms with Gasteiger partial charge in [-0.1, -0.05) is 43.2 Å². The van der Waals surface area contributed by atoms with Gasteiger partial charge in [-0.15, -0.1) is 0 Å². The maximum atomic E-state index is 12.7. The lowest BCUT2D eigenvalue weighted by atomic mass is 10.0. The molecule has 130 valence electrons. The molecular formula is C20H28N2O2. The Balaban J connectivity index is 1.54. The number of likely N-dealkylation sites (tertiary alicyclic amines) is 1. The van der Waals surface area contributed by atoms with Crippen molar-refractivity contribution in [3.05, 3.63) is 35.9 Å². The number of carbonyl (C=O) groups is 2. The Hall–Kier alpha value is -1.84. The fourth-order valence-corrected chi connectivity index (χ4v) is 4.07. The Kier molecular flexibility index (Phi) is 5.54. The van der Waals surface area contributed by atoms with E-state index in [0.717, 1.165) is 45.1 Å². The predicted octanol–water partition coefficient (Wildman–Crippen LogP) is 3.44. The van der Waals surface area contributed by atoms with Crippen LogP contribution in [0.15, 0.2) is 30.3 Å². The van der Waals surface area contributed by atoms with Gasteiger partial charge < -0.3 is 10.2 Å². The van der Waals surface area contributed by atoms with Crippen molar-refractivity contribution < 1.29 is 9.59 Å². The summed E-state index contributed by atoms with van der Waals surface area (Å²) in [5.41, 5.74) is 1.21. The molecule has 2 fully saturated rings. The molecule has 2 amide bonds. The Morgan fingerprint density at radius 3 is 2.54 bits per heavy atom. The van der Waals surface area contributed by atoms with Gasteiger partial charge >= 0.3 is 0 Å². The average Bonchev–Trinajstić information content (AvgIpc) is 3.27. The van der Waals surface area contributed by atoms with E-state index in [0.29, 0.717) is 6.42 Å². The highest BCUT2D eigenvalue weighted by atomic mass is 16.2. The molecule has 0 bridgehead atoms. The van der Waals surface area contributed by atoms with E-state index < -0.39 is 0 Å². The first kappa shape index (κ1) is 17.0. The van der Waals surface area contributed by atoms with Crippen molar-refractivity contribution in [2.45, 2.75) is 64.0 Å². The largest absolute Gasteiger partial charge is 0.353 e. The van der Waals surface area contributed by atoms with E-state index in [4.69, 9.17) is 0 Å². The molecule has 1 aliphatic carbocycles. The van der Waals surface area contributed by atoms with Crippen molar-refractivity contribution in [1.82, 2.24) is 10.2 Å². The van der Waals surface area contributed by atoms with Crippen LogP contribution in [0, 0.1) is 5.92 Å². The summed E-state index contributed by atoms with van der Waals surface area (Å²) in [6, 6.07) is 10.4. The summed E-state index contributed by atoms with van der Waals surface area (Å²) < 4.78 is 0. The van der Waals surface area contributed by atoms with Crippen molar-refractivity contribution in [1.29, 1.82) is 0 Å². The summed E-state index contributed by atoms with van der Waals surface area (Å²) >= 11 is 0. The summed E-state index contributed by atoms with van der Waals surface area (Å²) in [6.45, 7) is 2.76. The lowest BCUT2D eigenvalue weighted by Gasteiger charge is -2.27. The lowest BCUT2D eigenvalue weighted by molar-refractivity contribution is -0.133. The van der Waals surface area contributed by atoms with Crippen LogP contribution in [0.2, 0.25) is 0 Å². The zero-order chi connectivity index (χ0) is 16.9. The molecule has 1 heterocycles. The third-order valence-corrected chi connectivity index (χ3v) is 5.35. The molecule has 1 N–H and O–H groups in total. The first-order valence-corrected chi connectivity index (χ1v) is 9.30. The number of benzene rings is 1. The van der Waals surface area contributed by atoms with Crippen molar-refractivity contribution in [2.75, 3.05) is 6.54 Å². The van der Waals surface area contributed by atoms with Crippen LogP contribution in [0.25, 0.3) is 0 Å². The maximum absolute atomic E-state index is 12.7. The number of hydrogen-bond acceptors (Lipinski definition) is 2. The highest BCUT2D eigenvalue weighted by Crippen LogP contribution is 2.32. The van der Waals surface area contributed by atoms with E-state index in [1.807, 2.05) is 30.0 Å². The zero-order valence-electron chi connectivity index (χ0n) is 14.5. The van der Waals surface area contributed by atoms with Crippen molar-refractivity contribution >= 4 is 11.8 Å². The highest BCUT2D eigenvalue weighted by molar-refractivity contribution is 5.81. The van der Waals surface area contributed by atoms with E-state index in [9.17, 15) is 9.59 Å². The minimum absolute atomic E-state index is 0.0948. The molecule has 1 aliphatic heterocycles. The van der Waals surface area contributed by atoms with Crippen LogP contribution in [0.1, 0.15) is 63.5 Å². The molecule has 0 spiro atoms. The van der Waals surface area contributed by atoms with Crippen LogP contribution in [0.4, 0.5) is 0 Å². The van der Waals surface area contributed by atoms with E-state index in [1.165, 1.54) is 5.56 Å². The molecule has 3 rings (SSSR count). The molecule has 1 aromatic rings. The maximum Gasteiger partial charge on any atom is 0.225 e. The van der Waals surface area contributed by atoms with Gasteiger partial charge in [0.2, 0.25) is 11.8 Å². The van der Waals surface area contributed by atoms with Crippen molar-refractivity contribution in [2.24, 2.45) is 5.92 Å². The molecule has 2 atom stereocenters. The van der Waals surface area contributed by atoms with Gasteiger partial charge in [0.1, 0.15) is 0 Å². The second kappa shape index (κ2) is 7.82. The summed E-state index contributed by atoms with van der Waals surface area (Å²) in [4.78, 5) is 26.9. The number of rotatable bonds is 5. The second-order valence-corrected chi connectivity index (χ2v) is 7.25. The number of nitrogens with zero attached hydrogens (tertiary/aromatic N) is 1. The monoisotopic (exact) mass is 328 g/mol. The van der Waals surface area contributed by atoms with Gasteiger partial charge in [-0.05, 0) is 38.2 Å². The van der Waals surface area contributed by atoms with Crippen LogP contribution in [-0.4, -0.2) is 29.3 Å². The summed E-state index contributed by atoms with van der Waals surface area (Å²) in [5.74, 6) is 0.445. The molecule has 4 heteroatoms. The molecule has 2 aliphatic rings. The van der Waals surface area contributed by atoms with E-state index in [2.05, 4.69) is 17.4 Å². The Labute approximate surface area is 144 Å². The normalized spacial score (nSPS) is 22.5. The summed E-state index contributed by atoms with van der Waals surface area (Å²) in [5, 5.41) is 3.04. The molecular weight excluding hydrogens is 300 g/mol. The smallest absolute Gasteiger partial charge is 0.225 e. The molecule has 0 aromatic heterocycles. The molecule has 1 saturated carbocycles. The highest BCUT2D eigenvalue weighted by Gasteiger charge is 2.31. The molecule has 24 heavy (non-hydrogen) atoms. The van der Waals surface area contributed by atoms with E-state index >= 15 is 0 Å². The third kappa shape index (κ3) is 3.97. The fraction of sp³-hybridized carbons (Fsp3) is 0.600. The van der Waals surface area contributed by atoms with E-state index in [1.54, 1.807) is 0 Å². The average molecular weight is 328 g/mol. The summed E-state index contributed by atoms with van der Waals surface area (Å²) in [6.07, 6.45) is 6.76. The minimum atomic E-state index is -0.0948. The SMILES string of the molecule is C[C@H](CC(=O)N1CCC[C@H]1c1ccccc1)NC(=O)C1CCCC1. The van der Waals surface area contributed by atoms with Gasteiger partial charge in [-0.25, -0.2) is 0 Å². The minimum Gasteiger partial charge on any atom is -0.353 e. The Bertz CT molecular complexity index is 566. The number of amides is 2. The molecule has 0 radical (unpaired) electrons. The van der Waals surface area contributed by atoms with Gasteiger partial charge in [0.05, 0.1) is 6.04 Å². The standard InChI is InChI=1S/C20H28N2O2/c1-15(21-20(24)17-10-5-6-11-17)14-19(23)22-13-7-12-18(22)16-8-3-2-4-9-16/h2-4,8-9,15,17-18H,5-7,10-14H2,1H3,(H,21,24)/t15-,18+/m1/s1. The predicted molar refractivity (Wildman–Crippen MR) is 94.3 cm³/mol. The number of carbonyl (C=O) groups excluding carboxylic acids is 2. The first-order valence-electron chi connectivity index (χ1n) is 9.30. The van der Waals surface area contributed by atoms with Gasteiger partial charge in [-0.2, -0.15) is 0 Å². The zero-order valence-corrected chi connectivity index (χ0v) is 14.5. The number of hydrogen-bond donors (Lipinski definition) is 1. The second-order valence-electron chi connectivity index (χ2n) is 7.25. The van der Waals surface area contributed by atoms with Crippen LogP contribution in [0.5, 0.6) is 0 Å². The molecule has 1 aromatic carbocycles. The van der Waals surface area contributed by atoms with E-state index in [-0.39, 0.29) is 29.8 Å². The summed E-state index contributed by atoms with van der Waals surface area (Å²) in [7, 11) is 0. The molecule has 1 saturated heterocycles. The quantitative estimate of drug-likeness (QED) is 0.900. The van der Waals surface area contributed by atoms with Gasteiger partial charge in [0, 0.05) is 24.9 Å². The molecule has 0 unspecified atom stereocenters. The third-order valence-electron chi connectivity index (χ3n) is 5.35. The van der Waals surface area contributed by atoms with Gasteiger partial charge in [-0.3, -0.25) is 9.59 Å². The topological polar surface area (TPSA) is 49.4 Å². The van der Waals surface area contributed by atoms with Crippen LogP contribution in [0.3, 0.4) is 0 Å². The van der Waals surface area contributed by atoms with Gasteiger partial charge in [0.25, 0.3) is 0 Å². The number of nitrogens with one attached hydrogen (secondary N) is 1. The van der Waals surface area contributed by atoms with Crippen molar-refractivity contribution in [3.63, 3.8) is 0 Å². The van der Waals surface area contributed by atoms with Gasteiger partial charge in [0.15, 0.2) is 0 Å². The van der Waals surface area contributed by atoms with Crippen LogP contribution in [-0.2, 0) is 9.59 Å². The van der Waals surface area contributed by atoms with Crippen LogP contribution >= 0.6 is 0 Å². The lowest BCUT2D eigenvalue weighted by Crippen LogP contribution is -2.41.